The van der Waals surface area contributed by atoms with Crippen molar-refractivity contribution in [1.82, 2.24) is 15.5 Å². The molecule has 0 fully saturated rings. The molecule has 0 unspecified atom stereocenters. The molecular formula is C21H23F3N4O3. The number of urea groups is 1. The Balaban J connectivity index is 2.01. The maximum absolute atomic E-state index is 12.8. The number of benzene rings is 2. The second kappa shape index (κ2) is 10.5. The van der Waals surface area contributed by atoms with Crippen LogP contribution in [0, 0.1) is 0 Å². The summed E-state index contributed by atoms with van der Waals surface area (Å²) >= 11 is 0. The minimum atomic E-state index is -4.49. The van der Waals surface area contributed by atoms with Gasteiger partial charge < -0.3 is 21.3 Å². The molecule has 31 heavy (non-hydrogen) atoms. The van der Waals surface area contributed by atoms with Crippen molar-refractivity contribution in [3.8, 4) is 0 Å². The van der Waals surface area contributed by atoms with Gasteiger partial charge in [-0.3, -0.25) is 9.59 Å². The first kappa shape index (κ1) is 23.7. The van der Waals surface area contributed by atoms with E-state index in [1.54, 1.807) is 24.5 Å². The van der Waals surface area contributed by atoms with Gasteiger partial charge in [0.1, 0.15) is 12.6 Å². The van der Waals surface area contributed by atoms with Crippen LogP contribution in [-0.4, -0.2) is 48.6 Å². The third-order valence-electron chi connectivity index (χ3n) is 4.36. The van der Waals surface area contributed by atoms with E-state index in [9.17, 15) is 27.6 Å². The van der Waals surface area contributed by atoms with Gasteiger partial charge in [0.05, 0.1) is 0 Å². The third kappa shape index (κ3) is 8.00. The standard InChI is InChI=1S/C21H23F3N4O3/c1-28(19(30)17(27-20(25)31)11-14-5-3-2-4-6-14)12-15-7-9-16(10-8-15)18(29)26-13-21(22,23)24/h2-10,17H,11-13H2,1H3,(H,26,29)(H3,25,27,31)/t17-/m0/s1. The van der Waals surface area contributed by atoms with Crippen LogP contribution in [0.15, 0.2) is 54.6 Å². The number of halogens is 3. The highest BCUT2D eigenvalue weighted by atomic mass is 19.4. The van der Waals surface area contributed by atoms with Crippen LogP contribution < -0.4 is 16.4 Å². The Bertz CT molecular complexity index is 902. The number of nitrogens with two attached hydrogens (primary N) is 1. The molecule has 0 saturated heterocycles. The number of carbonyl (C=O) groups excluding carboxylic acids is 3. The van der Waals surface area contributed by atoms with Crippen LogP contribution in [0.4, 0.5) is 18.0 Å². The summed E-state index contributed by atoms with van der Waals surface area (Å²) in [6.07, 6.45) is -4.24. The molecule has 0 aliphatic carbocycles. The zero-order valence-electron chi connectivity index (χ0n) is 16.8. The maximum Gasteiger partial charge on any atom is 0.405 e. The van der Waals surface area contributed by atoms with E-state index in [4.69, 9.17) is 5.73 Å². The van der Waals surface area contributed by atoms with Gasteiger partial charge in [-0.25, -0.2) is 4.79 Å². The quantitative estimate of drug-likeness (QED) is 0.591. The van der Waals surface area contributed by atoms with Crippen LogP contribution in [-0.2, 0) is 17.8 Å². The summed E-state index contributed by atoms with van der Waals surface area (Å²) in [5.41, 5.74) is 6.77. The Morgan fingerprint density at radius 1 is 1.00 bits per heavy atom. The molecule has 4 N–H and O–H groups in total. The first-order valence-corrected chi connectivity index (χ1v) is 9.34. The van der Waals surface area contributed by atoms with Crippen molar-refractivity contribution in [2.75, 3.05) is 13.6 Å². The molecule has 166 valence electrons. The smallest absolute Gasteiger partial charge is 0.352 e. The molecule has 7 nitrogen and oxygen atoms in total. The van der Waals surface area contributed by atoms with E-state index in [1.165, 1.54) is 17.0 Å². The highest BCUT2D eigenvalue weighted by molar-refractivity contribution is 5.94. The molecule has 0 saturated carbocycles. The number of primary amides is 1. The molecule has 2 aromatic carbocycles. The van der Waals surface area contributed by atoms with Crippen molar-refractivity contribution < 1.29 is 27.6 Å². The average molecular weight is 436 g/mol. The SMILES string of the molecule is CN(Cc1ccc(C(=O)NCC(F)(F)F)cc1)C(=O)[C@H](Cc1ccccc1)NC(N)=O. The number of alkyl halides is 3. The van der Waals surface area contributed by atoms with Gasteiger partial charge in [0.25, 0.3) is 5.91 Å². The Kier molecular flexibility index (Phi) is 8.00. The lowest BCUT2D eigenvalue weighted by atomic mass is 10.0. The van der Waals surface area contributed by atoms with E-state index >= 15 is 0 Å². The van der Waals surface area contributed by atoms with Gasteiger partial charge in [-0.2, -0.15) is 13.2 Å². The molecule has 0 aromatic heterocycles. The van der Waals surface area contributed by atoms with Crippen molar-refractivity contribution in [1.29, 1.82) is 0 Å². The minimum Gasteiger partial charge on any atom is -0.352 e. The molecule has 10 heteroatoms. The number of hydrogen-bond donors (Lipinski definition) is 3. The number of carbonyl (C=O) groups is 3. The van der Waals surface area contributed by atoms with Crippen LogP contribution in [0.1, 0.15) is 21.5 Å². The Morgan fingerprint density at radius 2 is 1.61 bits per heavy atom. The first-order valence-electron chi connectivity index (χ1n) is 9.34. The predicted molar refractivity (Wildman–Crippen MR) is 108 cm³/mol. The van der Waals surface area contributed by atoms with E-state index < -0.39 is 30.7 Å². The molecule has 0 bridgehead atoms. The highest BCUT2D eigenvalue weighted by Crippen LogP contribution is 2.14. The van der Waals surface area contributed by atoms with E-state index in [0.717, 1.165) is 5.56 Å². The fourth-order valence-corrected chi connectivity index (χ4v) is 2.88. The molecule has 0 radical (unpaired) electrons. The Labute approximate surface area is 177 Å². The first-order chi connectivity index (χ1) is 14.5. The second-order valence-corrected chi connectivity index (χ2v) is 6.94. The third-order valence-corrected chi connectivity index (χ3v) is 4.36. The summed E-state index contributed by atoms with van der Waals surface area (Å²) < 4.78 is 36.6. The van der Waals surface area contributed by atoms with Gasteiger partial charge in [-0.05, 0) is 23.3 Å². The summed E-state index contributed by atoms with van der Waals surface area (Å²) in [6.45, 7) is -1.25. The molecule has 4 amide bonds. The molecular weight excluding hydrogens is 413 g/mol. The maximum atomic E-state index is 12.8. The van der Waals surface area contributed by atoms with Crippen molar-refractivity contribution in [3.63, 3.8) is 0 Å². The van der Waals surface area contributed by atoms with Gasteiger partial charge in [-0.15, -0.1) is 0 Å². The van der Waals surface area contributed by atoms with Gasteiger partial charge in [0.15, 0.2) is 0 Å². The number of hydrogen-bond acceptors (Lipinski definition) is 3. The zero-order chi connectivity index (χ0) is 23.0. The van der Waals surface area contributed by atoms with E-state index in [0.29, 0.717) is 5.56 Å². The fraction of sp³-hybridized carbons (Fsp3) is 0.286. The number of nitrogens with one attached hydrogen (secondary N) is 2. The second-order valence-electron chi connectivity index (χ2n) is 6.94. The highest BCUT2D eigenvalue weighted by Gasteiger charge is 2.28. The summed E-state index contributed by atoms with van der Waals surface area (Å²) in [5.74, 6) is -1.21. The molecule has 0 aliphatic heterocycles. The van der Waals surface area contributed by atoms with Crippen LogP contribution in [0.25, 0.3) is 0 Å². The van der Waals surface area contributed by atoms with Gasteiger partial charge >= 0.3 is 12.2 Å². The zero-order valence-corrected chi connectivity index (χ0v) is 16.8. The van der Waals surface area contributed by atoms with E-state index in [1.807, 2.05) is 30.3 Å². The largest absolute Gasteiger partial charge is 0.405 e. The van der Waals surface area contributed by atoms with E-state index in [2.05, 4.69) is 5.32 Å². The minimum absolute atomic E-state index is 0.0688. The van der Waals surface area contributed by atoms with Gasteiger partial charge in [0.2, 0.25) is 5.91 Å². The van der Waals surface area contributed by atoms with Crippen molar-refractivity contribution >= 4 is 17.8 Å². The average Bonchev–Trinajstić information content (AvgIpc) is 2.71. The van der Waals surface area contributed by atoms with Crippen molar-refractivity contribution in [3.05, 3.63) is 71.3 Å². The molecule has 2 aromatic rings. The topological polar surface area (TPSA) is 105 Å². The lowest BCUT2D eigenvalue weighted by molar-refractivity contribution is -0.132. The summed E-state index contributed by atoms with van der Waals surface area (Å²) in [4.78, 5) is 37.3. The molecule has 0 spiro atoms. The summed E-state index contributed by atoms with van der Waals surface area (Å²) in [5, 5.41) is 4.24. The molecule has 2 rings (SSSR count). The lowest BCUT2D eigenvalue weighted by Crippen LogP contribution is -2.50. The molecule has 0 aliphatic rings. The number of rotatable bonds is 8. The molecule has 1 atom stereocenters. The summed E-state index contributed by atoms with van der Waals surface area (Å²) in [6, 6.07) is 13.3. The summed E-state index contributed by atoms with van der Waals surface area (Å²) in [7, 11) is 1.55. The lowest BCUT2D eigenvalue weighted by Gasteiger charge is -2.24. The van der Waals surface area contributed by atoms with Gasteiger partial charge in [-0.1, -0.05) is 42.5 Å². The normalized spacial score (nSPS) is 12.0. The van der Waals surface area contributed by atoms with Crippen molar-refractivity contribution in [2.24, 2.45) is 5.73 Å². The fourth-order valence-electron chi connectivity index (χ4n) is 2.88. The van der Waals surface area contributed by atoms with Crippen LogP contribution in [0.5, 0.6) is 0 Å². The van der Waals surface area contributed by atoms with E-state index in [-0.39, 0.29) is 24.4 Å². The van der Waals surface area contributed by atoms with Crippen LogP contribution in [0.3, 0.4) is 0 Å². The van der Waals surface area contributed by atoms with Gasteiger partial charge in [0, 0.05) is 25.6 Å². The Morgan fingerprint density at radius 3 is 2.16 bits per heavy atom. The van der Waals surface area contributed by atoms with Crippen molar-refractivity contribution in [2.45, 2.75) is 25.2 Å². The molecule has 0 heterocycles. The van der Waals surface area contributed by atoms with Crippen LogP contribution >= 0.6 is 0 Å². The number of likely N-dealkylation sites (N-methyl/N-ethyl adjacent to an activating group) is 1. The number of nitrogens with zero attached hydrogens (tertiary/aromatic N) is 1. The monoisotopic (exact) mass is 436 g/mol. The predicted octanol–water partition coefficient (Wildman–Crippen LogP) is 2.22. The van der Waals surface area contributed by atoms with Crippen LogP contribution in [0.2, 0.25) is 0 Å². The Hall–Kier alpha value is -3.56. The number of amides is 4.